The normalized spacial score (nSPS) is 12.4. The van der Waals surface area contributed by atoms with Crippen molar-refractivity contribution in [2.24, 2.45) is 0 Å². The zero-order valence-corrected chi connectivity index (χ0v) is 9.48. The standard InChI is InChI=1S/C9H4BrF5O2/c10-8(11,12)7(16)17-6-3-1-5(2-4-6)9(13,14)15/h1-4H. The van der Waals surface area contributed by atoms with E-state index in [2.05, 4.69) is 4.74 Å². The first kappa shape index (κ1) is 13.9. The van der Waals surface area contributed by atoms with E-state index in [9.17, 15) is 26.7 Å². The zero-order valence-electron chi connectivity index (χ0n) is 7.89. The van der Waals surface area contributed by atoms with Crippen LogP contribution in [0.5, 0.6) is 5.75 Å². The monoisotopic (exact) mass is 318 g/mol. The Bertz CT molecular complexity index is 407. The van der Waals surface area contributed by atoms with Gasteiger partial charge in [0.1, 0.15) is 5.75 Å². The lowest BCUT2D eigenvalue weighted by molar-refractivity contribution is -0.149. The van der Waals surface area contributed by atoms with Gasteiger partial charge in [0, 0.05) is 15.9 Å². The summed E-state index contributed by atoms with van der Waals surface area (Å²) in [5, 5.41) is 0. The fourth-order valence-corrected chi connectivity index (χ4v) is 0.958. The van der Waals surface area contributed by atoms with Gasteiger partial charge in [-0.3, -0.25) is 0 Å². The fourth-order valence-electron chi connectivity index (χ4n) is 0.877. The highest BCUT2D eigenvalue weighted by molar-refractivity contribution is 9.10. The van der Waals surface area contributed by atoms with Gasteiger partial charge in [-0.2, -0.15) is 22.0 Å². The van der Waals surface area contributed by atoms with Gasteiger partial charge in [0.2, 0.25) is 0 Å². The van der Waals surface area contributed by atoms with Crippen molar-refractivity contribution in [3.8, 4) is 5.75 Å². The third-order valence-electron chi connectivity index (χ3n) is 1.62. The molecule has 0 aromatic heterocycles. The number of benzene rings is 1. The molecule has 0 atom stereocenters. The van der Waals surface area contributed by atoms with E-state index in [-0.39, 0.29) is 0 Å². The number of rotatable bonds is 2. The second-order valence-electron chi connectivity index (χ2n) is 2.91. The van der Waals surface area contributed by atoms with Gasteiger partial charge < -0.3 is 4.74 Å². The average molecular weight is 319 g/mol. The maximum atomic E-state index is 12.3. The van der Waals surface area contributed by atoms with Gasteiger partial charge in [-0.05, 0) is 24.3 Å². The Morgan fingerprint density at radius 1 is 1.06 bits per heavy atom. The van der Waals surface area contributed by atoms with Crippen molar-refractivity contribution in [1.29, 1.82) is 0 Å². The van der Waals surface area contributed by atoms with Gasteiger partial charge in [0.15, 0.2) is 0 Å². The average Bonchev–Trinajstić information content (AvgIpc) is 2.15. The number of esters is 1. The van der Waals surface area contributed by atoms with Crippen molar-refractivity contribution in [3.63, 3.8) is 0 Å². The van der Waals surface area contributed by atoms with Crippen LogP contribution < -0.4 is 4.74 Å². The van der Waals surface area contributed by atoms with Crippen LogP contribution in [-0.4, -0.2) is 10.8 Å². The molecule has 0 unspecified atom stereocenters. The van der Waals surface area contributed by atoms with Gasteiger partial charge in [-0.25, -0.2) is 4.79 Å². The van der Waals surface area contributed by atoms with Crippen LogP contribution in [0.25, 0.3) is 0 Å². The molecule has 94 valence electrons. The van der Waals surface area contributed by atoms with Crippen LogP contribution in [0.4, 0.5) is 22.0 Å². The van der Waals surface area contributed by atoms with Crippen molar-refractivity contribution in [3.05, 3.63) is 29.8 Å². The smallest absolute Gasteiger partial charge is 0.416 e. The van der Waals surface area contributed by atoms with E-state index in [1.54, 1.807) is 15.9 Å². The van der Waals surface area contributed by atoms with Gasteiger partial charge in [0.05, 0.1) is 5.56 Å². The van der Waals surface area contributed by atoms with E-state index in [1.807, 2.05) is 0 Å². The largest absolute Gasteiger partial charge is 0.421 e. The minimum atomic E-state index is -4.54. The number of halogens is 6. The van der Waals surface area contributed by atoms with Crippen LogP contribution in [-0.2, 0) is 11.0 Å². The molecule has 0 N–H and O–H groups in total. The van der Waals surface area contributed by atoms with Crippen LogP contribution >= 0.6 is 15.9 Å². The Morgan fingerprint density at radius 3 is 1.88 bits per heavy atom. The topological polar surface area (TPSA) is 26.3 Å². The second kappa shape index (κ2) is 4.59. The number of carbonyl (C=O) groups excluding carboxylic acids is 1. The number of alkyl halides is 6. The van der Waals surface area contributed by atoms with Crippen molar-refractivity contribution in [1.82, 2.24) is 0 Å². The molecular weight excluding hydrogens is 315 g/mol. The van der Waals surface area contributed by atoms with Crippen molar-refractivity contribution < 1.29 is 31.5 Å². The molecule has 0 spiro atoms. The summed E-state index contributed by atoms with van der Waals surface area (Å²) in [7, 11) is 0. The highest BCUT2D eigenvalue weighted by atomic mass is 79.9. The Balaban J connectivity index is 2.80. The molecule has 0 bridgehead atoms. The van der Waals surface area contributed by atoms with E-state index in [1.165, 1.54) is 0 Å². The molecule has 0 radical (unpaired) electrons. The summed E-state index contributed by atoms with van der Waals surface area (Å²) in [4.78, 5) is 6.80. The van der Waals surface area contributed by atoms with Crippen LogP contribution in [0.3, 0.4) is 0 Å². The Labute approximate surface area is 100 Å². The summed E-state index contributed by atoms with van der Waals surface area (Å²) >= 11 is 1.76. The minimum Gasteiger partial charge on any atom is -0.421 e. The Hall–Kier alpha value is -1.18. The highest BCUT2D eigenvalue weighted by Gasteiger charge is 2.37. The van der Waals surface area contributed by atoms with Crippen molar-refractivity contribution >= 4 is 21.9 Å². The molecule has 8 heteroatoms. The van der Waals surface area contributed by atoms with E-state index in [4.69, 9.17) is 0 Å². The summed E-state index contributed by atoms with van der Waals surface area (Å²) in [6.07, 6.45) is -4.54. The lowest BCUT2D eigenvalue weighted by atomic mass is 10.2. The molecule has 17 heavy (non-hydrogen) atoms. The van der Waals surface area contributed by atoms with Crippen LogP contribution in [0.2, 0.25) is 0 Å². The lowest BCUT2D eigenvalue weighted by Crippen LogP contribution is -2.26. The molecule has 0 aliphatic carbocycles. The van der Waals surface area contributed by atoms with Crippen LogP contribution in [0.15, 0.2) is 24.3 Å². The molecule has 1 aromatic carbocycles. The summed E-state index contributed by atoms with van der Waals surface area (Å²) in [6, 6.07) is 2.79. The SMILES string of the molecule is O=C(Oc1ccc(C(F)(F)F)cc1)C(F)(F)Br. The molecule has 2 nitrogen and oxygen atoms in total. The summed E-state index contributed by atoms with van der Waals surface area (Å²) in [6.45, 7) is 0. The maximum absolute atomic E-state index is 12.3. The van der Waals surface area contributed by atoms with E-state index < -0.39 is 28.3 Å². The molecule has 0 amide bonds. The molecular formula is C9H4BrF5O2. The fraction of sp³-hybridized carbons (Fsp3) is 0.222. The van der Waals surface area contributed by atoms with Crippen LogP contribution in [0, 0.1) is 0 Å². The molecule has 1 rings (SSSR count). The quantitative estimate of drug-likeness (QED) is 0.360. The van der Waals surface area contributed by atoms with Gasteiger partial charge in [-0.15, -0.1) is 0 Å². The molecule has 0 heterocycles. The van der Waals surface area contributed by atoms with E-state index >= 15 is 0 Å². The summed E-state index contributed by atoms with van der Waals surface area (Å²) in [5.41, 5.74) is -0.970. The zero-order chi connectivity index (χ0) is 13.3. The first-order valence-electron chi connectivity index (χ1n) is 4.07. The first-order valence-corrected chi connectivity index (χ1v) is 4.86. The van der Waals surface area contributed by atoms with Crippen LogP contribution in [0.1, 0.15) is 5.56 Å². The maximum Gasteiger partial charge on any atom is 0.416 e. The van der Waals surface area contributed by atoms with Crippen molar-refractivity contribution in [2.45, 2.75) is 11.0 Å². The van der Waals surface area contributed by atoms with Gasteiger partial charge in [-0.1, -0.05) is 0 Å². The summed E-state index contributed by atoms with van der Waals surface area (Å²) in [5.74, 6) is -2.31. The molecule has 1 aromatic rings. The number of hydrogen-bond donors (Lipinski definition) is 0. The molecule has 0 aliphatic rings. The van der Waals surface area contributed by atoms with E-state index in [0.29, 0.717) is 12.1 Å². The number of ether oxygens (including phenoxy) is 1. The minimum absolute atomic E-state index is 0.401. The lowest BCUT2D eigenvalue weighted by Gasteiger charge is -2.10. The highest BCUT2D eigenvalue weighted by Crippen LogP contribution is 2.31. The molecule has 0 fully saturated rings. The first-order chi connectivity index (χ1) is 7.60. The molecule has 0 saturated heterocycles. The van der Waals surface area contributed by atoms with Crippen molar-refractivity contribution in [2.75, 3.05) is 0 Å². The Morgan fingerprint density at radius 2 is 1.53 bits per heavy atom. The summed E-state index contributed by atoms with van der Waals surface area (Å²) < 4.78 is 65.2. The predicted molar refractivity (Wildman–Crippen MR) is 51.0 cm³/mol. The predicted octanol–water partition coefficient (Wildman–Crippen LogP) is 3.60. The number of carbonyl (C=O) groups is 1. The van der Waals surface area contributed by atoms with E-state index in [0.717, 1.165) is 12.1 Å². The third-order valence-corrected chi connectivity index (χ3v) is 1.95. The van der Waals surface area contributed by atoms with Gasteiger partial charge >= 0.3 is 17.0 Å². The third kappa shape index (κ3) is 3.95. The molecule has 0 saturated carbocycles. The Kier molecular flexibility index (Phi) is 3.75. The number of hydrogen-bond acceptors (Lipinski definition) is 2. The second-order valence-corrected chi connectivity index (χ2v) is 3.91. The molecule has 0 aliphatic heterocycles. The van der Waals surface area contributed by atoms with Gasteiger partial charge in [0.25, 0.3) is 0 Å².